The molecule has 3 aromatic rings. The van der Waals surface area contributed by atoms with E-state index in [-0.39, 0.29) is 23.0 Å². The van der Waals surface area contributed by atoms with Gasteiger partial charge < -0.3 is 14.6 Å². The third-order valence-corrected chi connectivity index (χ3v) is 11.6. The molecule has 3 aliphatic rings. The lowest BCUT2D eigenvalue weighted by Crippen LogP contribution is -2.43. The maximum absolute atomic E-state index is 13.0. The first-order valence-electron chi connectivity index (χ1n) is 15.9. The lowest BCUT2D eigenvalue weighted by Gasteiger charge is -2.35. The molecule has 1 spiro atoms. The van der Waals surface area contributed by atoms with Gasteiger partial charge in [0, 0.05) is 38.2 Å². The van der Waals surface area contributed by atoms with Crippen LogP contribution in [0.2, 0.25) is 0 Å². The van der Waals surface area contributed by atoms with Gasteiger partial charge in [-0.05, 0) is 74.0 Å². The average Bonchev–Trinajstić information content (AvgIpc) is 3.29. The predicted octanol–water partition coefficient (Wildman–Crippen LogP) is 5.01. The van der Waals surface area contributed by atoms with Gasteiger partial charge in [-0.15, -0.1) is 0 Å². The number of hydrogen-bond donors (Lipinski definition) is 1. The van der Waals surface area contributed by atoms with E-state index in [1.807, 2.05) is 12.1 Å². The second kappa shape index (κ2) is 13.2. The number of aryl methyl sites for hydroxylation is 2. The van der Waals surface area contributed by atoms with Crippen molar-refractivity contribution in [2.24, 2.45) is 0 Å². The molecule has 2 heterocycles. The highest BCUT2D eigenvalue weighted by Gasteiger charge is 2.52. The highest BCUT2D eigenvalue weighted by atomic mass is 32.2. The first-order chi connectivity index (χ1) is 22.1. The van der Waals surface area contributed by atoms with Crippen LogP contribution in [0.25, 0.3) is 0 Å². The van der Waals surface area contributed by atoms with Crippen LogP contribution in [-0.4, -0.2) is 73.7 Å². The Morgan fingerprint density at radius 3 is 2.52 bits per heavy atom. The summed E-state index contributed by atoms with van der Waals surface area (Å²) >= 11 is 0. The van der Waals surface area contributed by atoms with Crippen molar-refractivity contribution in [3.05, 3.63) is 105 Å². The van der Waals surface area contributed by atoms with Gasteiger partial charge in [-0.3, -0.25) is 15.0 Å². The highest BCUT2D eigenvalue weighted by Crippen LogP contribution is 2.55. The van der Waals surface area contributed by atoms with Crippen molar-refractivity contribution in [3.8, 4) is 11.5 Å². The molecule has 2 aliphatic heterocycles. The van der Waals surface area contributed by atoms with E-state index < -0.39 is 26.7 Å². The fourth-order valence-corrected chi connectivity index (χ4v) is 8.55. The monoisotopic (exact) mass is 647 g/mol. The van der Waals surface area contributed by atoms with Crippen molar-refractivity contribution >= 4 is 15.7 Å². The fraction of sp³-hybridized carbons (Fsp3) is 0.429. The van der Waals surface area contributed by atoms with Gasteiger partial charge in [-0.2, -0.15) is 0 Å². The maximum atomic E-state index is 13.0. The van der Waals surface area contributed by atoms with Crippen LogP contribution in [0, 0.1) is 10.1 Å². The number of aliphatic hydroxyl groups excluding tert-OH is 1. The Kier molecular flexibility index (Phi) is 9.20. The van der Waals surface area contributed by atoms with Gasteiger partial charge in [0.15, 0.2) is 16.4 Å². The number of aliphatic hydroxyl groups is 1. The van der Waals surface area contributed by atoms with Crippen molar-refractivity contribution in [2.75, 3.05) is 33.8 Å². The van der Waals surface area contributed by atoms with Gasteiger partial charge in [-0.1, -0.05) is 54.6 Å². The standard InChI is InChI=1S/C35H41N3O7S/c1-36(46(42,43)31-10-4-3-9-29(31)38(40)41)20-5-7-25-11-13-26(14-12-25)8-6-21-37-22-19-35-18-17-28(39)23-32(35)45-34-30(44-2)16-15-27(24-37)33(34)35/h3-4,9-18,28,32,39H,5-8,19-24H2,1-2H3/t28-,32?,35?/m0/s1. The second-order valence-corrected chi connectivity index (χ2v) is 14.6. The van der Waals surface area contributed by atoms with Crippen molar-refractivity contribution in [1.82, 2.24) is 9.21 Å². The first-order valence-corrected chi connectivity index (χ1v) is 17.3. The van der Waals surface area contributed by atoms with Crippen LogP contribution in [-0.2, 0) is 34.8 Å². The zero-order valence-corrected chi connectivity index (χ0v) is 27.1. The molecule has 0 saturated heterocycles. The zero-order valence-electron chi connectivity index (χ0n) is 26.3. The minimum absolute atomic E-state index is 0.0916. The molecule has 1 N–H and O–H groups in total. The Labute approximate surface area is 270 Å². The van der Waals surface area contributed by atoms with Gasteiger partial charge in [0.05, 0.1) is 23.6 Å². The predicted molar refractivity (Wildman–Crippen MR) is 175 cm³/mol. The summed E-state index contributed by atoms with van der Waals surface area (Å²) in [4.78, 5) is 12.9. The van der Waals surface area contributed by atoms with Crippen LogP contribution in [0.5, 0.6) is 11.5 Å². The van der Waals surface area contributed by atoms with E-state index in [0.29, 0.717) is 19.3 Å². The Morgan fingerprint density at radius 1 is 1.09 bits per heavy atom. The molecule has 3 atom stereocenters. The number of sulfonamides is 1. The molecule has 244 valence electrons. The Bertz CT molecular complexity index is 1730. The summed E-state index contributed by atoms with van der Waals surface area (Å²) in [7, 11) is -0.832. The number of ether oxygens (including phenoxy) is 2. The number of para-hydroxylation sites is 1. The van der Waals surface area contributed by atoms with E-state index in [4.69, 9.17) is 9.47 Å². The Morgan fingerprint density at radius 2 is 1.80 bits per heavy atom. The average molecular weight is 648 g/mol. The first kappa shape index (κ1) is 32.2. The van der Waals surface area contributed by atoms with Crippen molar-refractivity contribution in [1.29, 1.82) is 0 Å². The molecule has 2 unspecified atom stereocenters. The number of benzene rings is 3. The topological polar surface area (TPSA) is 122 Å². The molecule has 0 radical (unpaired) electrons. The van der Waals surface area contributed by atoms with Crippen LogP contribution < -0.4 is 9.47 Å². The van der Waals surface area contributed by atoms with E-state index in [1.54, 1.807) is 7.11 Å². The van der Waals surface area contributed by atoms with E-state index in [0.717, 1.165) is 56.0 Å². The van der Waals surface area contributed by atoms with E-state index in [2.05, 4.69) is 41.3 Å². The SMILES string of the molecule is COc1ccc2c3c1OC1C[C@@H](O)C=CC31CCN(CCCc1ccc(CCCN(C)S(=O)(=O)c3ccccc3[N+](=O)[O-])cc1)C2. The van der Waals surface area contributed by atoms with Gasteiger partial charge >= 0.3 is 0 Å². The molecule has 0 saturated carbocycles. The Balaban J connectivity index is 1.02. The second-order valence-electron chi connectivity index (χ2n) is 12.5. The summed E-state index contributed by atoms with van der Waals surface area (Å²) in [6, 6.07) is 18.1. The summed E-state index contributed by atoms with van der Waals surface area (Å²) in [5, 5.41) is 21.7. The van der Waals surface area contributed by atoms with Gasteiger partial charge in [0.1, 0.15) is 6.10 Å². The molecule has 3 aromatic carbocycles. The largest absolute Gasteiger partial charge is 0.493 e. The number of rotatable bonds is 12. The van der Waals surface area contributed by atoms with Gasteiger partial charge in [-0.25, -0.2) is 12.7 Å². The molecule has 11 heteroatoms. The van der Waals surface area contributed by atoms with E-state index in [9.17, 15) is 23.6 Å². The number of nitro groups is 1. The number of methoxy groups -OCH3 is 1. The fourth-order valence-electron chi connectivity index (χ4n) is 7.18. The summed E-state index contributed by atoms with van der Waals surface area (Å²) < 4.78 is 39.2. The number of nitrogens with zero attached hydrogens (tertiary/aromatic N) is 3. The highest BCUT2D eigenvalue weighted by molar-refractivity contribution is 7.89. The molecule has 10 nitrogen and oxygen atoms in total. The molecular formula is C35H41N3O7S. The van der Waals surface area contributed by atoms with E-state index >= 15 is 0 Å². The van der Waals surface area contributed by atoms with Crippen molar-refractivity contribution < 1.29 is 27.9 Å². The van der Waals surface area contributed by atoms with Crippen LogP contribution in [0.15, 0.2) is 77.7 Å². The van der Waals surface area contributed by atoms with Gasteiger partial charge in [0.25, 0.3) is 5.69 Å². The normalized spacial score (nSPS) is 22.2. The molecule has 6 rings (SSSR count). The molecule has 1 aliphatic carbocycles. The third-order valence-electron chi connectivity index (χ3n) is 9.69. The third kappa shape index (κ3) is 6.16. The van der Waals surface area contributed by atoms with Crippen LogP contribution >= 0.6 is 0 Å². The molecular weight excluding hydrogens is 606 g/mol. The van der Waals surface area contributed by atoms with Crippen LogP contribution in [0.4, 0.5) is 5.69 Å². The quantitative estimate of drug-likeness (QED) is 0.165. The summed E-state index contributed by atoms with van der Waals surface area (Å²) in [6.45, 7) is 3.02. The minimum atomic E-state index is -3.97. The minimum Gasteiger partial charge on any atom is -0.493 e. The van der Waals surface area contributed by atoms with Crippen molar-refractivity contribution in [3.63, 3.8) is 0 Å². The van der Waals surface area contributed by atoms with Crippen LogP contribution in [0.3, 0.4) is 0 Å². The summed E-state index contributed by atoms with van der Waals surface area (Å²) in [6.07, 6.45) is 8.31. The lowest BCUT2D eigenvalue weighted by atomic mass is 9.69. The molecule has 0 aromatic heterocycles. The smallest absolute Gasteiger partial charge is 0.289 e. The number of nitro benzene ring substituents is 1. The Hall–Kier alpha value is -3.77. The summed E-state index contributed by atoms with van der Waals surface area (Å²) in [5.41, 5.74) is 4.23. The number of hydrogen-bond acceptors (Lipinski definition) is 8. The van der Waals surface area contributed by atoms with E-state index in [1.165, 1.54) is 52.3 Å². The van der Waals surface area contributed by atoms with Crippen molar-refractivity contribution in [2.45, 2.75) is 67.6 Å². The zero-order chi connectivity index (χ0) is 32.5. The maximum Gasteiger partial charge on any atom is 0.289 e. The molecule has 0 bridgehead atoms. The molecule has 0 fully saturated rings. The van der Waals surface area contributed by atoms with Crippen LogP contribution in [0.1, 0.15) is 47.9 Å². The molecule has 46 heavy (non-hydrogen) atoms. The lowest BCUT2D eigenvalue weighted by molar-refractivity contribution is -0.387. The molecule has 0 amide bonds. The summed E-state index contributed by atoms with van der Waals surface area (Å²) in [5.74, 6) is 1.59. The van der Waals surface area contributed by atoms with Gasteiger partial charge in [0.2, 0.25) is 10.0 Å².